The monoisotopic (exact) mass is 375 g/mol. The number of nitrogens with one attached hydrogen (secondary N) is 3. The van der Waals surface area contributed by atoms with Crippen molar-refractivity contribution in [2.45, 2.75) is 50.4 Å². The molecule has 9 heteroatoms. The Morgan fingerprint density at radius 2 is 1.81 bits per heavy atom. The van der Waals surface area contributed by atoms with Crippen molar-refractivity contribution in [1.29, 1.82) is 0 Å². The minimum Gasteiger partial charge on any atom is -0.341 e. The number of nitro benzene ring substituents is 1. The standard InChI is InChI=1S/C18H25N5O4/c1-22(16-8-13-4-5-14(9-16)21-13)17(24)11-20-18(25)19-10-12-2-6-15(7-3-12)23(26)27/h2-3,6-7,13-14,16,21H,4-5,8-11H2,1H3,(H2,19,20,25). The Morgan fingerprint density at radius 3 is 2.41 bits per heavy atom. The van der Waals surface area contributed by atoms with Crippen LogP contribution >= 0.6 is 0 Å². The smallest absolute Gasteiger partial charge is 0.315 e. The number of benzene rings is 1. The molecule has 146 valence electrons. The number of non-ortho nitro benzene ring substituents is 1. The Labute approximate surface area is 157 Å². The number of nitrogens with zero attached hydrogens (tertiary/aromatic N) is 2. The van der Waals surface area contributed by atoms with Crippen LogP contribution < -0.4 is 16.0 Å². The molecule has 2 atom stereocenters. The largest absolute Gasteiger partial charge is 0.341 e. The van der Waals surface area contributed by atoms with Crippen LogP contribution in [0.15, 0.2) is 24.3 Å². The zero-order valence-corrected chi connectivity index (χ0v) is 15.3. The third-order valence-corrected chi connectivity index (χ3v) is 5.39. The molecule has 0 aliphatic carbocycles. The molecule has 0 radical (unpaired) electrons. The highest BCUT2D eigenvalue weighted by Gasteiger charge is 2.36. The molecule has 0 aromatic heterocycles. The van der Waals surface area contributed by atoms with Crippen LogP contribution in [0, 0.1) is 10.1 Å². The van der Waals surface area contributed by atoms with Crippen molar-refractivity contribution in [1.82, 2.24) is 20.9 Å². The summed E-state index contributed by atoms with van der Waals surface area (Å²) in [6, 6.07) is 6.73. The van der Waals surface area contributed by atoms with Gasteiger partial charge in [-0.15, -0.1) is 0 Å². The fraction of sp³-hybridized carbons (Fsp3) is 0.556. The summed E-state index contributed by atoms with van der Waals surface area (Å²) in [5.41, 5.74) is 0.743. The van der Waals surface area contributed by atoms with Gasteiger partial charge in [0, 0.05) is 43.9 Å². The summed E-state index contributed by atoms with van der Waals surface area (Å²) >= 11 is 0. The summed E-state index contributed by atoms with van der Waals surface area (Å²) in [5, 5.41) is 19.4. The van der Waals surface area contributed by atoms with Gasteiger partial charge in [-0.3, -0.25) is 14.9 Å². The number of nitro groups is 1. The maximum absolute atomic E-state index is 12.4. The fourth-order valence-corrected chi connectivity index (χ4v) is 3.81. The van der Waals surface area contributed by atoms with E-state index in [2.05, 4.69) is 16.0 Å². The lowest BCUT2D eigenvalue weighted by Crippen LogP contribution is -2.51. The number of likely N-dealkylation sites (N-methyl/N-ethyl adjacent to an activating group) is 1. The minimum absolute atomic E-state index is 0.00295. The first-order valence-electron chi connectivity index (χ1n) is 9.19. The molecule has 1 aromatic rings. The molecule has 2 fully saturated rings. The van der Waals surface area contributed by atoms with Crippen molar-refractivity contribution in [3.8, 4) is 0 Å². The molecule has 1 aromatic carbocycles. The van der Waals surface area contributed by atoms with Gasteiger partial charge in [0.2, 0.25) is 5.91 Å². The van der Waals surface area contributed by atoms with E-state index in [-0.39, 0.29) is 30.7 Å². The van der Waals surface area contributed by atoms with Gasteiger partial charge in [0.1, 0.15) is 0 Å². The number of urea groups is 1. The van der Waals surface area contributed by atoms with Crippen molar-refractivity contribution in [3.05, 3.63) is 39.9 Å². The van der Waals surface area contributed by atoms with Crippen LogP contribution in [0.5, 0.6) is 0 Å². The second-order valence-electron chi connectivity index (χ2n) is 7.23. The van der Waals surface area contributed by atoms with Crippen molar-refractivity contribution < 1.29 is 14.5 Å². The number of amides is 3. The number of hydrogen-bond acceptors (Lipinski definition) is 5. The summed E-state index contributed by atoms with van der Waals surface area (Å²) in [7, 11) is 1.80. The van der Waals surface area contributed by atoms with E-state index in [9.17, 15) is 19.7 Å². The zero-order chi connectivity index (χ0) is 19.4. The summed E-state index contributed by atoms with van der Waals surface area (Å²) < 4.78 is 0. The lowest BCUT2D eigenvalue weighted by Gasteiger charge is -2.35. The van der Waals surface area contributed by atoms with Crippen LogP contribution in [0.2, 0.25) is 0 Å². The third kappa shape index (κ3) is 4.94. The van der Waals surface area contributed by atoms with E-state index in [1.54, 1.807) is 24.1 Å². The summed E-state index contributed by atoms with van der Waals surface area (Å²) in [6.07, 6.45) is 4.27. The molecule has 2 heterocycles. The predicted molar refractivity (Wildman–Crippen MR) is 99.1 cm³/mol. The highest BCUT2D eigenvalue weighted by Crippen LogP contribution is 2.29. The lowest BCUT2D eigenvalue weighted by atomic mass is 9.98. The Bertz CT molecular complexity index is 696. The van der Waals surface area contributed by atoms with E-state index in [0.29, 0.717) is 12.1 Å². The first kappa shape index (κ1) is 19.1. The van der Waals surface area contributed by atoms with Crippen LogP contribution in [0.3, 0.4) is 0 Å². The molecule has 9 nitrogen and oxygen atoms in total. The van der Waals surface area contributed by atoms with Gasteiger partial charge in [-0.25, -0.2) is 4.79 Å². The van der Waals surface area contributed by atoms with Gasteiger partial charge in [-0.2, -0.15) is 0 Å². The molecule has 3 amide bonds. The van der Waals surface area contributed by atoms with Crippen LogP contribution in [-0.4, -0.2) is 53.5 Å². The highest BCUT2D eigenvalue weighted by atomic mass is 16.6. The van der Waals surface area contributed by atoms with Gasteiger partial charge >= 0.3 is 6.03 Å². The summed E-state index contributed by atoms with van der Waals surface area (Å²) in [5.74, 6) is -0.105. The SMILES string of the molecule is CN(C(=O)CNC(=O)NCc1ccc([N+](=O)[O-])cc1)C1CC2CCC(C1)N2. The van der Waals surface area contributed by atoms with Crippen molar-refractivity contribution in [3.63, 3.8) is 0 Å². The third-order valence-electron chi connectivity index (χ3n) is 5.39. The van der Waals surface area contributed by atoms with Gasteiger partial charge in [0.15, 0.2) is 0 Å². The molecule has 2 saturated heterocycles. The Balaban J connectivity index is 1.39. The Kier molecular flexibility index (Phi) is 5.90. The molecular weight excluding hydrogens is 350 g/mol. The van der Waals surface area contributed by atoms with Gasteiger partial charge in [-0.1, -0.05) is 12.1 Å². The van der Waals surface area contributed by atoms with Gasteiger partial charge in [0.25, 0.3) is 5.69 Å². The normalized spacial score (nSPS) is 23.5. The molecule has 0 saturated carbocycles. The van der Waals surface area contributed by atoms with E-state index in [1.165, 1.54) is 25.0 Å². The number of hydrogen-bond donors (Lipinski definition) is 3. The van der Waals surface area contributed by atoms with Gasteiger partial charge in [-0.05, 0) is 31.2 Å². The maximum atomic E-state index is 12.4. The fourth-order valence-electron chi connectivity index (χ4n) is 3.81. The first-order valence-corrected chi connectivity index (χ1v) is 9.19. The maximum Gasteiger partial charge on any atom is 0.315 e. The summed E-state index contributed by atoms with van der Waals surface area (Å²) in [6.45, 7) is 0.174. The van der Waals surface area contributed by atoms with Gasteiger partial charge in [0.05, 0.1) is 11.5 Å². The molecule has 2 unspecified atom stereocenters. The molecule has 0 spiro atoms. The average molecular weight is 375 g/mol. The molecule has 2 aliphatic rings. The van der Waals surface area contributed by atoms with Crippen LogP contribution in [0.4, 0.5) is 10.5 Å². The lowest BCUT2D eigenvalue weighted by molar-refractivity contribution is -0.384. The highest BCUT2D eigenvalue weighted by molar-refractivity contribution is 5.84. The molecule has 2 bridgehead atoms. The molecule has 2 aliphatic heterocycles. The van der Waals surface area contributed by atoms with E-state index in [0.717, 1.165) is 18.4 Å². The molecular formula is C18H25N5O4. The number of rotatable bonds is 6. The molecule has 3 N–H and O–H groups in total. The van der Waals surface area contributed by atoms with E-state index >= 15 is 0 Å². The predicted octanol–water partition coefficient (Wildman–Crippen LogP) is 1.14. The number of carbonyl (C=O) groups excluding carboxylic acids is 2. The quantitative estimate of drug-likeness (QED) is 0.509. The first-order chi connectivity index (χ1) is 12.9. The van der Waals surface area contributed by atoms with Crippen LogP contribution in [0.25, 0.3) is 0 Å². The Morgan fingerprint density at radius 1 is 1.19 bits per heavy atom. The van der Waals surface area contributed by atoms with Crippen molar-refractivity contribution in [2.24, 2.45) is 0 Å². The minimum atomic E-state index is -0.472. The average Bonchev–Trinajstić information content (AvgIpc) is 3.01. The number of carbonyl (C=O) groups is 2. The van der Waals surface area contributed by atoms with Gasteiger partial charge < -0.3 is 20.9 Å². The molecule has 27 heavy (non-hydrogen) atoms. The Hall–Kier alpha value is -2.68. The van der Waals surface area contributed by atoms with E-state index in [4.69, 9.17) is 0 Å². The van der Waals surface area contributed by atoms with Crippen LogP contribution in [0.1, 0.15) is 31.2 Å². The zero-order valence-electron chi connectivity index (χ0n) is 15.3. The van der Waals surface area contributed by atoms with Crippen molar-refractivity contribution in [2.75, 3.05) is 13.6 Å². The second kappa shape index (κ2) is 8.34. The molecule has 3 rings (SSSR count). The number of piperidine rings is 1. The van der Waals surface area contributed by atoms with E-state index < -0.39 is 11.0 Å². The number of fused-ring (bicyclic) bond motifs is 2. The van der Waals surface area contributed by atoms with Crippen molar-refractivity contribution >= 4 is 17.6 Å². The second-order valence-corrected chi connectivity index (χ2v) is 7.23. The van der Waals surface area contributed by atoms with Crippen LogP contribution in [-0.2, 0) is 11.3 Å². The van der Waals surface area contributed by atoms with E-state index in [1.807, 2.05) is 0 Å². The topological polar surface area (TPSA) is 117 Å². The summed E-state index contributed by atoms with van der Waals surface area (Å²) in [4.78, 5) is 36.2.